The highest BCUT2D eigenvalue weighted by Gasteiger charge is 2.24. The molecule has 0 atom stereocenters. The van der Waals surface area contributed by atoms with Crippen molar-refractivity contribution in [1.82, 2.24) is 0 Å². The van der Waals surface area contributed by atoms with Crippen LogP contribution in [0.1, 0.15) is 88.5 Å². The molecule has 1 aliphatic heterocycles. The second-order valence-corrected chi connectivity index (χ2v) is 13.3. The molecule has 0 unspecified atom stereocenters. The van der Waals surface area contributed by atoms with Crippen LogP contribution in [0.5, 0.6) is 23.0 Å². The first kappa shape index (κ1) is 39.4. The molecule has 0 amide bonds. The second-order valence-electron chi connectivity index (χ2n) is 13.3. The normalized spacial score (nSPS) is 12.2. The van der Waals surface area contributed by atoms with Crippen molar-refractivity contribution >= 4 is 0 Å². The predicted molar refractivity (Wildman–Crippen MR) is 197 cm³/mol. The molecule has 0 aromatic heterocycles. The molecule has 4 aromatic rings. The van der Waals surface area contributed by atoms with Crippen LogP contribution in [0.4, 0.5) is 0 Å². The summed E-state index contributed by atoms with van der Waals surface area (Å²) >= 11 is 0. The van der Waals surface area contributed by atoms with Crippen molar-refractivity contribution in [3.63, 3.8) is 0 Å². The third-order valence-electron chi connectivity index (χ3n) is 8.68. The molecule has 1 aliphatic rings. The quantitative estimate of drug-likeness (QED) is 0.0697. The Morgan fingerprint density at radius 2 is 0.755 bits per heavy atom. The SMILES string of the molecule is C1CO1.CC(C)(c1ccc(O)cc1)c1ccc(O)cc1.CC(C)(c1ccc(OCCCCCO)cc1)c1ccc(OCCCCCO)cc1. The lowest BCUT2D eigenvalue weighted by atomic mass is 9.78. The number of phenols is 2. The summed E-state index contributed by atoms with van der Waals surface area (Å²) in [5, 5.41) is 36.2. The van der Waals surface area contributed by atoms with Gasteiger partial charge in [0.15, 0.2) is 0 Å². The zero-order chi connectivity index (χ0) is 35.5. The average molecular weight is 673 g/mol. The van der Waals surface area contributed by atoms with Gasteiger partial charge in [-0.3, -0.25) is 0 Å². The molecule has 1 saturated heterocycles. The molecule has 0 bridgehead atoms. The largest absolute Gasteiger partial charge is 0.508 e. The van der Waals surface area contributed by atoms with Crippen molar-refractivity contribution in [1.29, 1.82) is 0 Å². The number of phenolic OH excluding ortho intramolecular Hbond substituents is 2. The summed E-state index contributed by atoms with van der Waals surface area (Å²) in [6.07, 6.45) is 5.58. The van der Waals surface area contributed by atoms with Gasteiger partial charge in [-0.05, 0) is 109 Å². The van der Waals surface area contributed by atoms with E-state index in [1.807, 2.05) is 48.5 Å². The number of hydrogen-bond donors (Lipinski definition) is 4. The summed E-state index contributed by atoms with van der Waals surface area (Å²) in [6.45, 7) is 12.6. The van der Waals surface area contributed by atoms with Crippen LogP contribution in [0.3, 0.4) is 0 Å². The first-order chi connectivity index (χ1) is 23.6. The van der Waals surface area contributed by atoms with Crippen molar-refractivity contribution < 1.29 is 34.6 Å². The van der Waals surface area contributed by atoms with E-state index in [0.29, 0.717) is 13.2 Å². The number of aliphatic hydroxyl groups is 2. The summed E-state index contributed by atoms with van der Waals surface area (Å²) in [6, 6.07) is 31.1. The molecular formula is C42H56O7. The molecule has 1 fully saturated rings. The number of aromatic hydroxyl groups is 2. The van der Waals surface area contributed by atoms with E-state index < -0.39 is 0 Å². The molecule has 4 N–H and O–H groups in total. The Morgan fingerprint density at radius 1 is 0.469 bits per heavy atom. The second kappa shape index (κ2) is 20.5. The first-order valence-electron chi connectivity index (χ1n) is 17.4. The number of rotatable bonds is 16. The van der Waals surface area contributed by atoms with Crippen LogP contribution in [0.25, 0.3) is 0 Å². The molecule has 5 rings (SSSR count). The van der Waals surface area contributed by atoms with E-state index in [1.165, 1.54) is 11.1 Å². The molecular weight excluding hydrogens is 616 g/mol. The van der Waals surface area contributed by atoms with E-state index in [1.54, 1.807) is 24.3 Å². The summed E-state index contributed by atoms with van der Waals surface area (Å²) < 4.78 is 16.1. The molecule has 0 aliphatic carbocycles. The van der Waals surface area contributed by atoms with E-state index in [4.69, 9.17) is 19.7 Å². The summed E-state index contributed by atoms with van der Waals surface area (Å²) in [5.74, 6) is 2.32. The van der Waals surface area contributed by atoms with Gasteiger partial charge in [-0.1, -0.05) is 76.2 Å². The van der Waals surface area contributed by atoms with Gasteiger partial charge in [0, 0.05) is 24.0 Å². The number of benzene rings is 4. The predicted octanol–water partition coefficient (Wildman–Crippen LogP) is 8.54. The van der Waals surface area contributed by atoms with Gasteiger partial charge in [0.1, 0.15) is 23.0 Å². The number of aliphatic hydroxyl groups excluding tert-OH is 2. The zero-order valence-electron chi connectivity index (χ0n) is 29.7. The maximum atomic E-state index is 9.30. The lowest BCUT2D eigenvalue weighted by Gasteiger charge is -2.26. The number of unbranched alkanes of at least 4 members (excludes halogenated alkanes) is 4. The van der Waals surface area contributed by atoms with Crippen molar-refractivity contribution in [3.05, 3.63) is 119 Å². The van der Waals surface area contributed by atoms with Crippen molar-refractivity contribution in [2.45, 2.75) is 77.0 Å². The lowest BCUT2D eigenvalue weighted by Crippen LogP contribution is -2.18. The van der Waals surface area contributed by atoms with Crippen molar-refractivity contribution in [2.24, 2.45) is 0 Å². The van der Waals surface area contributed by atoms with Gasteiger partial charge in [-0.2, -0.15) is 0 Å². The average Bonchev–Trinajstić information content (AvgIpc) is 4.00. The van der Waals surface area contributed by atoms with Crippen LogP contribution >= 0.6 is 0 Å². The summed E-state index contributed by atoms with van der Waals surface area (Å²) in [5.41, 5.74) is 4.47. The molecule has 49 heavy (non-hydrogen) atoms. The fourth-order valence-electron chi connectivity index (χ4n) is 5.19. The van der Waals surface area contributed by atoms with Gasteiger partial charge >= 0.3 is 0 Å². The minimum absolute atomic E-state index is 0.112. The first-order valence-corrected chi connectivity index (χ1v) is 17.4. The van der Waals surface area contributed by atoms with E-state index in [2.05, 4.69) is 56.7 Å². The smallest absolute Gasteiger partial charge is 0.119 e. The Labute approximate surface area is 293 Å². The highest BCUT2D eigenvalue weighted by Crippen LogP contribution is 2.34. The summed E-state index contributed by atoms with van der Waals surface area (Å²) in [7, 11) is 0. The Bertz CT molecular complexity index is 1330. The topological polar surface area (TPSA) is 112 Å². The molecule has 266 valence electrons. The summed E-state index contributed by atoms with van der Waals surface area (Å²) in [4.78, 5) is 0. The van der Waals surface area contributed by atoms with Gasteiger partial charge < -0.3 is 34.6 Å². The lowest BCUT2D eigenvalue weighted by molar-refractivity contribution is 0.265. The van der Waals surface area contributed by atoms with Crippen LogP contribution in [0, 0.1) is 0 Å². The zero-order valence-corrected chi connectivity index (χ0v) is 29.7. The van der Waals surface area contributed by atoms with E-state index in [9.17, 15) is 10.2 Å². The molecule has 0 saturated carbocycles. The minimum atomic E-state index is -0.151. The molecule has 7 nitrogen and oxygen atoms in total. The maximum Gasteiger partial charge on any atom is 0.119 e. The van der Waals surface area contributed by atoms with Crippen molar-refractivity contribution in [3.8, 4) is 23.0 Å². The number of ether oxygens (including phenoxy) is 3. The van der Waals surface area contributed by atoms with E-state index in [-0.39, 0.29) is 35.5 Å². The Morgan fingerprint density at radius 3 is 1.02 bits per heavy atom. The number of epoxide rings is 1. The molecule has 4 aromatic carbocycles. The molecule has 1 heterocycles. The minimum Gasteiger partial charge on any atom is -0.508 e. The Kier molecular flexibility index (Phi) is 16.5. The monoisotopic (exact) mass is 672 g/mol. The van der Waals surface area contributed by atoms with Crippen LogP contribution in [0.15, 0.2) is 97.1 Å². The maximum absolute atomic E-state index is 9.30. The third kappa shape index (κ3) is 13.8. The molecule has 0 radical (unpaired) electrons. The van der Waals surface area contributed by atoms with Gasteiger partial charge in [-0.15, -0.1) is 0 Å². The number of hydrogen-bond acceptors (Lipinski definition) is 7. The van der Waals surface area contributed by atoms with Crippen molar-refractivity contribution in [2.75, 3.05) is 39.6 Å². The third-order valence-corrected chi connectivity index (χ3v) is 8.68. The standard InChI is InChI=1S/C25H36O4.C15H16O2.C2H4O/c1-25(2,21-9-13-23(14-10-21)28-19-7-3-5-17-26)22-11-15-24(16-12-22)29-20-8-4-6-18-27;1-15(2,11-3-7-13(16)8-4-11)12-5-9-14(17)10-6-12;1-2-3-1/h9-16,26-27H,3-8,17-20H2,1-2H3;3-10,16-17H,1-2H3;1-2H2. The van der Waals surface area contributed by atoms with Gasteiger partial charge in [0.05, 0.1) is 26.4 Å². The van der Waals surface area contributed by atoms with Gasteiger partial charge in [0.25, 0.3) is 0 Å². The highest BCUT2D eigenvalue weighted by atomic mass is 16.6. The van der Waals surface area contributed by atoms with E-state index in [0.717, 1.165) is 74.4 Å². The van der Waals surface area contributed by atoms with E-state index >= 15 is 0 Å². The van der Waals surface area contributed by atoms with Gasteiger partial charge in [0.2, 0.25) is 0 Å². The highest BCUT2D eigenvalue weighted by molar-refractivity contribution is 5.43. The van der Waals surface area contributed by atoms with Crippen LogP contribution in [0.2, 0.25) is 0 Å². The fourth-order valence-corrected chi connectivity index (χ4v) is 5.19. The molecule has 7 heteroatoms. The Hall–Kier alpha value is -4.04. The van der Waals surface area contributed by atoms with Crippen LogP contribution in [-0.4, -0.2) is 60.1 Å². The van der Waals surface area contributed by atoms with Crippen LogP contribution in [-0.2, 0) is 15.6 Å². The molecule has 0 spiro atoms. The van der Waals surface area contributed by atoms with Gasteiger partial charge in [-0.25, -0.2) is 0 Å². The fraction of sp³-hybridized carbons (Fsp3) is 0.429. The van der Waals surface area contributed by atoms with Crippen LogP contribution < -0.4 is 9.47 Å². The Balaban J connectivity index is 0.000000271.